The number of carbonyl (C=O) groups is 2. The van der Waals surface area contributed by atoms with Gasteiger partial charge in [-0.1, -0.05) is 60.7 Å². The molecule has 184 valence electrons. The molecule has 7 heteroatoms. The fourth-order valence-corrected chi connectivity index (χ4v) is 4.06. The lowest BCUT2D eigenvalue weighted by Crippen LogP contribution is -2.48. The zero-order chi connectivity index (χ0) is 24.6. The van der Waals surface area contributed by atoms with Gasteiger partial charge in [0.25, 0.3) is 0 Å². The Bertz CT molecular complexity index is 912. The molecule has 1 heterocycles. The van der Waals surface area contributed by atoms with Crippen LogP contribution in [0.1, 0.15) is 44.7 Å². The number of rotatable bonds is 9. The highest BCUT2D eigenvalue weighted by Crippen LogP contribution is 2.32. The summed E-state index contributed by atoms with van der Waals surface area (Å²) in [4.78, 5) is 27.0. The second-order valence-corrected chi connectivity index (χ2v) is 9.46. The average Bonchev–Trinajstić information content (AvgIpc) is 3.14. The van der Waals surface area contributed by atoms with Crippen molar-refractivity contribution in [3.63, 3.8) is 0 Å². The Hall–Kier alpha value is -2.90. The van der Waals surface area contributed by atoms with Crippen LogP contribution >= 0.6 is 0 Å². The van der Waals surface area contributed by atoms with Crippen molar-refractivity contribution in [2.24, 2.45) is 0 Å². The van der Waals surface area contributed by atoms with Crippen molar-refractivity contribution in [1.82, 2.24) is 4.90 Å². The summed E-state index contributed by atoms with van der Waals surface area (Å²) in [5.74, 6) is -0.383. The lowest BCUT2D eigenvalue weighted by atomic mass is 10.1. The number of hydrogen-bond donors (Lipinski definition) is 0. The van der Waals surface area contributed by atoms with Gasteiger partial charge in [-0.05, 0) is 38.3 Å². The zero-order valence-electron chi connectivity index (χ0n) is 20.4. The lowest BCUT2D eigenvalue weighted by Gasteiger charge is -2.33. The first kappa shape index (κ1) is 25.7. The summed E-state index contributed by atoms with van der Waals surface area (Å²) >= 11 is 0. The van der Waals surface area contributed by atoms with Crippen molar-refractivity contribution in [2.75, 3.05) is 13.7 Å². The van der Waals surface area contributed by atoms with Crippen LogP contribution in [0.3, 0.4) is 0 Å². The standard InChI is InChI=1S/C27H35NO6/c1-27(2,3)34-26(30)28-22(16-25(29)31-4)15-24(33-18-21-13-9-6-10-14-21)23(28)19-32-17-20-11-7-5-8-12-20/h5-14,22-24H,15-19H2,1-4H3/t22-,23+,24+/m1/s1. The second-order valence-electron chi connectivity index (χ2n) is 9.46. The van der Waals surface area contributed by atoms with Gasteiger partial charge in [0.05, 0.1) is 45.5 Å². The molecule has 3 rings (SSSR count). The van der Waals surface area contributed by atoms with Gasteiger partial charge in [0.1, 0.15) is 5.60 Å². The molecule has 0 aliphatic carbocycles. The van der Waals surface area contributed by atoms with Crippen molar-refractivity contribution >= 4 is 12.1 Å². The molecular weight excluding hydrogens is 434 g/mol. The van der Waals surface area contributed by atoms with Gasteiger partial charge in [-0.25, -0.2) is 4.79 Å². The molecule has 0 unspecified atom stereocenters. The summed E-state index contributed by atoms with van der Waals surface area (Å²) in [6, 6.07) is 18.9. The number of ether oxygens (including phenoxy) is 4. The number of benzene rings is 2. The van der Waals surface area contributed by atoms with Crippen LogP contribution in [-0.4, -0.2) is 54.5 Å². The molecule has 2 aromatic rings. The van der Waals surface area contributed by atoms with E-state index >= 15 is 0 Å². The highest BCUT2D eigenvalue weighted by atomic mass is 16.6. The van der Waals surface area contributed by atoms with Crippen LogP contribution in [0.4, 0.5) is 4.79 Å². The number of amides is 1. The molecule has 3 atom stereocenters. The van der Waals surface area contributed by atoms with Crippen LogP contribution in [-0.2, 0) is 37.0 Å². The Morgan fingerprint density at radius 1 is 0.941 bits per heavy atom. The minimum atomic E-state index is -0.675. The number of methoxy groups -OCH3 is 1. The zero-order valence-corrected chi connectivity index (χ0v) is 20.4. The van der Waals surface area contributed by atoms with E-state index in [1.54, 1.807) is 4.90 Å². The van der Waals surface area contributed by atoms with E-state index in [-0.39, 0.29) is 25.1 Å². The maximum atomic E-state index is 13.2. The summed E-state index contributed by atoms with van der Waals surface area (Å²) < 4.78 is 22.9. The SMILES string of the molecule is COC(=O)C[C@H]1C[C@H](OCc2ccccc2)[C@H](COCc2ccccc2)N1C(=O)OC(C)(C)C. The predicted octanol–water partition coefficient (Wildman–Crippen LogP) is 4.73. The minimum Gasteiger partial charge on any atom is -0.469 e. The fraction of sp³-hybridized carbons (Fsp3) is 0.481. The summed E-state index contributed by atoms with van der Waals surface area (Å²) in [6.45, 7) is 6.52. The number of carbonyl (C=O) groups excluding carboxylic acids is 2. The number of nitrogens with zero attached hydrogens (tertiary/aromatic N) is 1. The topological polar surface area (TPSA) is 74.3 Å². The molecule has 34 heavy (non-hydrogen) atoms. The van der Waals surface area contributed by atoms with E-state index in [1.807, 2.05) is 81.4 Å². The number of likely N-dealkylation sites (tertiary alicyclic amines) is 1. The van der Waals surface area contributed by atoms with Crippen molar-refractivity contribution in [3.8, 4) is 0 Å². The maximum Gasteiger partial charge on any atom is 0.410 e. The molecule has 1 aliphatic heterocycles. The molecular formula is C27H35NO6. The van der Waals surface area contributed by atoms with Gasteiger partial charge < -0.3 is 18.9 Å². The molecule has 1 saturated heterocycles. The van der Waals surface area contributed by atoms with E-state index in [1.165, 1.54) is 7.11 Å². The molecule has 0 radical (unpaired) electrons. The van der Waals surface area contributed by atoms with E-state index in [2.05, 4.69) is 0 Å². The van der Waals surface area contributed by atoms with Crippen molar-refractivity contribution in [3.05, 3.63) is 71.8 Å². The largest absolute Gasteiger partial charge is 0.469 e. The summed E-state index contributed by atoms with van der Waals surface area (Å²) in [5.41, 5.74) is 1.40. The Kier molecular flexibility index (Phi) is 9.07. The normalized spacial score (nSPS) is 20.2. The van der Waals surface area contributed by atoms with Gasteiger partial charge in [0, 0.05) is 6.04 Å². The monoisotopic (exact) mass is 469 g/mol. The van der Waals surface area contributed by atoms with Crippen molar-refractivity contribution < 1.29 is 28.5 Å². The highest BCUT2D eigenvalue weighted by molar-refractivity contribution is 5.74. The number of hydrogen-bond acceptors (Lipinski definition) is 6. The molecule has 0 spiro atoms. The first-order valence-electron chi connectivity index (χ1n) is 11.6. The van der Waals surface area contributed by atoms with Gasteiger partial charge in [0.15, 0.2) is 0 Å². The third-order valence-corrected chi connectivity index (χ3v) is 5.63. The molecule has 2 aromatic carbocycles. The Labute approximate surface area is 201 Å². The molecule has 1 aliphatic rings. The van der Waals surface area contributed by atoms with E-state index in [0.29, 0.717) is 19.6 Å². The Morgan fingerprint density at radius 3 is 2.09 bits per heavy atom. The molecule has 7 nitrogen and oxygen atoms in total. The Morgan fingerprint density at radius 2 is 1.53 bits per heavy atom. The first-order valence-corrected chi connectivity index (χ1v) is 11.6. The Balaban J connectivity index is 1.79. The van der Waals surface area contributed by atoms with E-state index in [0.717, 1.165) is 11.1 Å². The third kappa shape index (κ3) is 7.57. The minimum absolute atomic E-state index is 0.0656. The summed E-state index contributed by atoms with van der Waals surface area (Å²) in [7, 11) is 1.35. The highest BCUT2D eigenvalue weighted by Gasteiger charge is 2.47. The number of esters is 1. The van der Waals surface area contributed by atoms with Gasteiger partial charge in [0.2, 0.25) is 0 Å². The first-order chi connectivity index (χ1) is 16.3. The van der Waals surface area contributed by atoms with Crippen molar-refractivity contribution in [1.29, 1.82) is 0 Å². The predicted molar refractivity (Wildman–Crippen MR) is 128 cm³/mol. The quantitative estimate of drug-likeness (QED) is 0.495. The summed E-state index contributed by atoms with van der Waals surface area (Å²) in [5, 5.41) is 0. The van der Waals surface area contributed by atoms with Gasteiger partial charge in [-0.2, -0.15) is 0 Å². The van der Waals surface area contributed by atoms with E-state index in [4.69, 9.17) is 18.9 Å². The molecule has 0 saturated carbocycles. The molecule has 0 bridgehead atoms. The van der Waals surface area contributed by atoms with Crippen LogP contribution in [0, 0.1) is 0 Å². The van der Waals surface area contributed by atoms with Crippen LogP contribution in [0.25, 0.3) is 0 Å². The van der Waals surface area contributed by atoms with Crippen LogP contribution in [0.5, 0.6) is 0 Å². The van der Waals surface area contributed by atoms with E-state index in [9.17, 15) is 9.59 Å². The maximum absolute atomic E-state index is 13.2. The van der Waals surface area contributed by atoms with Crippen LogP contribution < -0.4 is 0 Å². The third-order valence-electron chi connectivity index (χ3n) is 5.63. The summed E-state index contributed by atoms with van der Waals surface area (Å²) in [6.07, 6.45) is -0.255. The molecule has 1 amide bonds. The van der Waals surface area contributed by atoms with E-state index < -0.39 is 23.8 Å². The van der Waals surface area contributed by atoms with Crippen LogP contribution in [0.2, 0.25) is 0 Å². The fourth-order valence-electron chi connectivity index (χ4n) is 4.06. The molecule has 0 N–H and O–H groups in total. The van der Waals surface area contributed by atoms with Gasteiger partial charge in [-0.15, -0.1) is 0 Å². The second kappa shape index (κ2) is 12.0. The van der Waals surface area contributed by atoms with Crippen molar-refractivity contribution in [2.45, 2.75) is 70.6 Å². The smallest absolute Gasteiger partial charge is 0.410 e. The van der Waals surface area contributed by atoms with Crippen LogP contribution in [0.15, 0.2) is 60.7 Å². The lowest BCUT2D eigenvalue weighted by molar-refractivity contribution is -0.141. The average molecular weight is 470 g/mol. The van der Waals surface area contributed by atoms with Gasteiger partial charge in [-0.3, -0.25) is 9.69 Å². The molecule has 0 aromatic heterocycles. The molecule has 1 fully saturated rings. The van der Waals surface area contributed by atoms with Gasteiger partial charge >= 0.3 is 12.1 Å².